The fourth-order valence-corrected chi connectivity index (χ4v) is 3.72. The summed E-state index contributed by atoms with van der Waals surface area (Å²) in [4.78, 5) is 7.94. The van der Waals surface area contributed by atoms with E-state index in [1.807, 2.05) is 49.1 Å². The van der Waals surface area contributed by atoms with Gasteiger partial charge in [-0.25, -0.2) is 4.98 Å². The van der Waals surface area contributed by atoms with Crippen molar-refractivity contribution < 1.29 is 8.53 Å². The molecular weight excluding hydrogens is 310 g/mol. The molecule has 5 rings (SSSR count). The molecule has 0 radical (unpaired) electrons. The molecule has 0 saturated carbocycles. The van der Waals surface area contributed by atoms with E-state index in [0.29, 0.717) is 11.5 Å². The third kappa shape index (κ3) is 1.85. The number of benzene rings is 2. The van der Waals surface area contributed by atoms with Crippen LogP contribution in [0.5, 0.6) is 0 Å². The Balaban J connectivity index is 1.82. The zero-order valence-corrected chi connectivity index (χ0v) is 14.0. The van der Waals surface area contributed by atoms with Crippen LogP contribution in [0.25, 0.3) is 21.9 Å². The molecule has 4 nitrogen and oxygen atoms in total. The lowest BCUT2D eigenvalue weighted by molar-refractivity contribution is 0.661. The van der Waals surface area contributed by atoms with Crippen molar-refractivity contribution in [1.29, 1.82) is 0 Å². The minimum atomic E-state index is -2.28. The van der Waals surface area contributed by atoms with E-state index in [-0.39, 0.29) is 0 Å². The molecule has 0 unspecified atom stereocenters. The van der Waals surface area contributed by atoms with Gasteiger partial charge in [-0.15, -0.1) is 0 Å². The average Bonchev–Trinajstić information content (AvgIpc) is 3.16. The van der Waals surface area contributed by atoms with Gasteiger partial charge >= 0.3 is 0 Å². The number of fused-ring (bicyclic) bond motifs is 4. The van der Waals surface area contributed by atoms with Gasteiger partial charge in [-0.1, -0.05) is 30.3 Å². The predicted molar refractivity (Wildman–Crippen MR) is 103 cm³/mol. The Bertz CT molecular complexity index is 1210. The number of para-hydroxylation sites is 1. The van der Waals surface area contributed by atoms with Gasteiger partial charge in [-0.05, 0) is 37.6 Å². The van der Waals surface area contributed by atoms with Crippen LogP contribution in [0.2, 0.25) is 0 Å². The topological polar surface area (TPSA) is 32.5 Å². The standard InChI is InChI=1S/C21H19N3O/c1-13-10-11-16-15-7-4-5-9-18(15)25-20(16)19(13)24-14(2)23(3)17-8-6-12-22-21(17)24/h4-12,14H,1-3H3/t14-/m0/s1/i3D3. The van der Waals surface area contributed by atoms with Crippen LogP contribution in [0.3, 0.4) is 0 Å². The molecule has 0 amide bonds. The largest absolute Gasteiger partial charge is 0.454 e. The van der Waals surface area contributed by atoms with Gasteiger partial charge in [0.25, 0.3) is 0 Å². The fourth-order valence-electron chi connectivity index (χ4n) is 3.72. The molecule has 0 N–H and O–H groups in total. The highest BCUT2D eigenvalue weighted by atomic mass is 16.3. The summed E-state index contributed by atoms with van der Waals surface area (Å²) in [6.07, 6.45) is 1.25. The van der Waals surface area contributed by atoms with Crippen molar-refractivity contribution in [2.75, 3.05) is 16.8 Å². The van der Waals surface area contributed by atoms with Gasteiger partial charge in [0.1, 0.15) is 11.7 Å². The predicted octanol–water partition coefficient (Wildman–Crippen LogP) is 5.22. The molecule has 1 atom stereocenters. The molecule has 4 aromatic rings. The summed E-state index contributed by atoms with van der Waals surface area (Å²) in [7, 11) is 0. The Hall–Kier alpha value is -3.01. The molecule has 1 aliphatic rings. The van der Waals surface area contributed by atoms with Crippen LogP contribution in [0.4, 0.5) is 17.2 Å². The molecule has 0 saturated heterocycles. The van der Waals surface area contributed by atoms with E-state index in [4.69, 9.17) is 8.53 Å². The number of anilines is 3. The van der Waals surface area contributed by atoms with Gasteiger partial charge in [0.05, 0.1) is 11.4 Å². The maximum Gasteiger partial charge on any atom is 0.159 e. The van der Waals surface area contributed by atoms with Crippen molar-refractivity contribution in [2.45, 2.75) is 20.0 Å². The molecule has 25 heavy (non-hydrogen) atoms. The zero-order valence-electron chi connectivity index (χ0n) is 17.0. The molecule has 0 bridgehead atoms. The summed E-state index contributed by atoms with van der Waals surface area (Å²) in [5.41, 5.74) is 4.01. The lowest BCUT2D eigenvalue weighted by atomic mass is 10.1. The van der Waals surface area contributed by atoms with Crippen molar-refractivity contribution in [3.63, 3.8) is 0 Å². The van der Waals surface area contributed by atoms with Crippen molar-refractivity contribution in [1.82, 2.24) is 4.98 Å². The molecule has 2 aromatic heterocycles. The fraction of sp³-hybridized carbons (Fsp3) is 0.190. The van der Waals surface area contributed by atoms with Crippen molar-refractivity contribution in [3.05, 3.63) is 60.3 Å². The van der Waals surface area contributed by atoms with Crippen LogP contribution in [0, 0.1) is 6.92 Å². The van der Waals surface area contributed by atoms with Crippen molar-refractivity contribution in [2.24, 2.45) is 0 Å². The first-order valence-electron chi connectivity index (χ1n) is 9.82. The third-order valence-corrected chi connectivity index (χ3v) is 4.96. The van der Waals surface area contributed by atoms with Gasteiger partial charge in [0.2, 0.25) is 0 Å². The Morgan fingerprint density at radius 2 is 1.96 bits per heavy atom. The Morgan fingerprint density at radius 1 is 1.08 bits per heavy atom. The quantitative estimate of drug-likeness (QED) is 0.478. The van der Waals surface area contributed by atoms with E-state index < -0.39 is 13.1 Å². The second-order valence-corrected chi connectivity index (χ2v) is 6.42. The normalized spacial score (nSPS) is 19.1. The summed E-state index contributed by atoms with van der Waals surface area (Å²) in [6.45, 7) is 1.62. The smallest absolute Gasteiger partial charge is 0.159 e. The second-order valence-electron chi connectivity index (χ2n) is 6.42. The van der Waals surface area contributed by atoms with E-state index in [1.54, 1.807) is 18.3 Å². The molecule has 0 fully saturated rings. The van der Waals surface area contributed by atoms with Gasteiger partial charge in [-0.2, -0.15) is 0 Å². The Labute approximate surface area is 150 Å². The number of furan rings is 1. The summed E-state index contributed by atoms with van der Waals surface area (Å²) in [6, 6.07) is 15.6. The number of aromatic nitrogens is 1. The van der Waals surface area contributed by atoms with Crippen LogP contribution in [0.1, 0.15) is 16.6 Å². The first-order valence-corrected chi connectivity index (χ1v) is 8.32. The van der Waals surface area contributed by atoms with Gasteiger partial charge in [0.15, 0.2) is 11.4 Å². The van der Waals surface area contributed by atoms with Crippen LogP contribution in [-0.4, -0.2) is 18.1 Å². The monoisotopic (exact) mass is 332 g/mol. The Morgan fingerprint density at radius 3 is 2.84 bits per heavy atom. The molecule has 2 aromatic carbocycles. The number of hydrogen-bond acceptors (Lipinski definition) is 4. The zero-order chi connectivity index (χ0) is 19.6. The van der Waals surface area contributed by atoms with Gasteiger partial charge in [-0.3, -0.25) is 0 Å². The lowest BCUT2D eigenvalue weighted by Gasteiger charge is -2.28. The van der Waals surface area contributed by atoms with E-state index >= 15 is 0 Å². The van der Waals surface area contributed by atoms with Crippen molar-refractivity contribution in [3.8, 4) is 0 Å². The second kappa shape index (κ2) is 4.99. The minimum Gasteiger partial charge on any atom is -0.454 e. The Kier molecular flexibility index (Phi) is 2.30. The minimum absolute atomic E-state index is 0.435. The van der Waals surface area contributed by atoms with Gasteiger partial charge in [0, 0.05) is 28.1 Å². The van der Waals surface area contributed by atoms with Crippen molar-refractivity contribution >= 4 is 39.1 Å². The number of hydrogen-bond donors (Lipinski definition) is 0. The van der Waals surface area contributed by atoms with Crippen LogP contribution >= 0.6 is 0 Å². The summed E-state index contributed by atoms with van der Waals surface area (Å²) in [5, 5.41) is 2.05. The lowest BCUT2D eigenvalue weighted by Crippen LogP contribution is -2.36. The third-order valence-electron chi connectivity index (χ3n) is 4.96. The highest BCUT2D eigenvalue weighted by Crippen LogP contribution is 2.46. The van der Waals surface area contributed by atoms with Crippen LogP contribution in [0.15, 0.2) is 59.1 Å². The van der Waals surface area contributed by atoms with E-state index in [0.717, 1.165) is 33.2 Å². The molecule has 124 valence electrons. The average molecular weight is 332 g/mol. The highest BCUT2D eigenvalue weighted by Gasteiger charge is 2.35. The molecule has 1 aliphatic heterocycles. The number of aryl methyl sites for hydroxylation is 1. The SMILES string of the molecule is [2H]C([2H])([2H])N1c2cccnc2N(c2c(C)ccc3c2oc2ccccc23)[C@H]1C. The highest BCUT2D eigenvalue weighted by molar-refractivity contribution is 6.10. The number of pyridine rings is 1. The maximum atomic E-state index is 8.03. The molecule has 3 heterocycles. The molecular formula is C21H19N3O. The first kappa shape index (κ1) is 11.5. The van der Waals surface area contributed by atoms with E-state index in [2.05, 4.69) is 11.1 Å². The summed E-state index contributed by atoms with van der Waals surface area (Å²) >= 11 is 0. The molecule has 4 heteroatoms. The summed E-state index contributed by atoms with van der Waals surface area (Å²) < 4.78 is 30.3. The summed E-state index contributed by atoms with van der Waals surface area (Å²) in [5.74, 6) is 0.627. The van der Waals surface area contributed by atoms with Crippen LogP contribution in [-0.2, 0) is 0 Å². The van der Waals surface area contributed by atoms with Crippen LogP contribution < -0.4 is 9.80 Å². The molecule has 0 aliphatic carbocycles. The first-order chi connectivity index (χ1) is 13.4. The van der Waals surface area contributed by atoms with Gasteiger partial charge < -0.3 is 14.2 Å². The van der Waals surface area contributed by atoms with E-state index in [9.17, 15) is 0 Å². The number of rotatable bonds is 1. The van der Waals surface area contributed by atoms with E-state index in [1.165, 1.54) is 4.90 Å². The number of nitrogens with zero attached hydrogens (tertiary/aromatic N) is 3. The maximum absolute atomic E-state index is 8.03. The molecule has 0 spiro atoms.